The molecule has 0 aromatic heterocycles. The van der Waals surface area contributed by atoms with Crippen LogP contribution in [0.3, 0.4) is 0 Å². The number of carbonyl (C=O) groups is 1. The summed E-state index contributed by atoms with van der Waals surface area (Å²) in [5.74, 6) is 0. The summed E-state index contributed by atoms with van der Waals surface area (Å²) in [6.45, 7) is -0.472. The second-order valence-electron chi connectivity index (χ2n) is 3.27. The average Bonchev–Trinajstić information content (AvgIpc) is 2.19. The molecule has 1 fully saturated rings. The normalized spacial score (nSPS) is 26.5. The number of hydrogen-bond donors (Lipinski definition) is 4. The molecular formula is C8H14O6Y9. The Morgan fingerprint density at radius 1 is 0.696 bits per heavy atom. The maximum Gasteiger partial charge on any atom is 0.122 e. The van der Waals surface area contributed by atoms with Crippen LogP contribution in [0, 0.1) is 0 Å². The van der Waals surface area contributed by atoms with E-state index in [1.165, 1.54) is 0 Å². The molecule has 1 heterocycles. The minimum atomic E-state index is -1.40. The van der Waals surface area contributed by atoms with E-state index in [0.717, 1.165) is 0 Å². The number of aliphatic hydroxyl groups is 4. The summed E-state index contributed by atoms with van der Waals surface area (Å²) >= 11 is 0. The molecular weight excluding hydrogens is 992 g/mol. The topological polar surface area (TPSA) is 107 Å². The zero-order chi connectivity index (χ0) is 10.7. The maximum absolute atomic E-state index is 10.2. The van der Waals surface area contributed by atoms with E-state index < -0.39 is 37.1 Å². The van der Waals surface area contributed by atoms with Crippen LogP contribution in [-0.2, 0) is 304 Å². The van der Waals surface area contributed by atoms with Gasteiger partial charge in [-0.1, -0.05) is 0 Å². The molecule has 5 atom stereocenters. The van der Waals surface area contributed by atoms with E-state index in [4.69, 9.17) is 9.84 Å². The molecule has 2 unspecified atom stereocenters. The summed E-state index contributed by atoms with van der Waals surface area (Å²) in [4.78, 5) is 10.2. The molecule has 0 bridgehead atoms. The second kappa shape index (κ2) is 36.0. The molecule has 0 amide bonds. The SMILES string of the molecule is O=CC[C@@H]1OC(CO)[C@H](O)[C@H](O)C1O.[Y].[Y].[Y].[Y].[Y].[Y].[Y].[Y].[Y]. The van der Waals surface area contributed by atoms with Gasteiger partial charge in [0.25, 0.3) is 0 Å². The third-order valence-electron chi connectivity index (χ3n) is 2.32. The minimum Gasteiger partial charge on any atom is -0.394 e. The Hall–Kier alpha value is 9.41. The summed E-state index contributed by atoms with van der Waals surface area (Å²) in [6.07, 6.45) is -5.41. The van der Waals surface area contributed by atoms with Crippen molar-refractivity contribution in [1.82, 2.24) is 0 Å². The van der Waals surface area contributed by atoms with Crippen LogP contribution in [0.4, 0.5) is 0 Å². The Morgan fingerprint density at radius 2 is 1.04 bits per heavy atom. The Kier molecular flexibility index (Phi) is 91.3. The molecule has 15 heteroatoms. The van der Waals surface area contributed by atoms with Crippen LogP contribution in [0.15, 0.2) is 0 Å². The number of aliphatic hydroxyl groups excluding tert-OH is 4. The third kappa shape index (κ3) is 22.9. The van der Waals surface area contributed by atoms with Gasteiger partial charge in [-0.05, 0) is 0 Å². The van der Waals surface area contributed by atoms with Crippen LogP contribution in [-0.4, -0.2) is 63.8 Å². The van der Waals surface area contributed by atoms with Crippen molar-refractivity contribution in [3.8, 4) is 0 Å². The summed E-state index contributed by atoms with van der Waals surface area (Å²) in [6, 6.07) is 0. The Bertz CT molecular complexity index is 216. The van der Waals surface area contributed by atoms with Crippen molar-refractivity contribution in [2.45, 2.75) is 36.9 Å². The van der Waals surface area contributed by atoms with Crippen molar-refractivity contribution < 1.29 is 324 Å². The average molecular weight is 1010 g/mol. The predicted molar refractivity (Wildman–Crippen MR) is 44.4 cm³/mol. The van der Waals surface area contributed by atoms with E-state index in [0.29, 0.717) is 6.29 Å². The number of carbonyl (C=O) groups excluding carboxylic acids is 1. The molecule has 1 aliphatic rings. The first-order valence-electron chi connectivity index (χ1n) is 4.36. The second-order valence-corrected chi connectivity index (χ2v) is 3.27. The quantitative estimate of drug-likeness (QED) is 0.232. The third-order valence-corrected chi connectivity index (χ3v) is 2.32. The van der Waals surface area contributed by atoms with Gasteiger partial charge < -0.3 is 30.0 Å². The van der Waals surface area contributed by atoms with Crippen molar-refractivity contribution in [3.05, 3.63) is 0 Å². The van der Waals surface area contributed by atoms with Crippen molar-refractivity contribution in [2.24, 2.45) is 0 Å². The monoisotopic (exact) mass is 1010 g/mol. The molecule has 6 nitrogen and oxygen atoms in total. The molecule has 4 N–H and O–H groups in total. The fraction of sp³-hybridized carbons (Fsp3) is 0.875. The fourth-order valence-corrected chi connectivity index (χ4v) is 1.47. The summed E-state index contributed by atoms with van der Waals surface area (Å²) < 4.78 is 5.03. The predicted octanol–water partition coefficient (Wildman–Crippen LogP) is -2.60. The van der Waals surface area contributed by atoms with Crippen LogP contribution in [0.2, 0.25) is 0 Å². The van der Waals surface area contributed by atoms with E-state index in [-0.39, 0.29) is 301 Å². The van der Waals surface area contributed by atoms with Crippen LogP contribution < -0.4 is 0 Å². The van der Waals surface area contributed by atoms with E-state index >= 15 is 0 Å². The van der Waals surface area contributed by atoms with Gasteiger partial charge in [-0.2, -0.15) is 0 Å². The van der Waals surface area contributed by atoms with Crippen molar-refractivity contribution >= 4 is 6.29 Å². The largest absolute Gasteiger partial charge is 0.394 e. The summed E-state index contributed by atoms with van der Waals surface area (Å²) in [5, 5.41) is 36.8. The number of hydrogen-bond acceptors (Lipinski definition) is 6. The zero-order valence-electron chi connectivity index (χ0n) is 12.7. The van der Waals surface area contributed by atoms with Gasteiger partial charge in [-0.25, -0.2) is 0 Å². The van der Waals surface area contributed by atoms with Gasteiger partial charge >= 0.3 is 0 Å². The standard InChI is InChI=1S/C8H14O6.9Y/c9-2-1-4-6(11)8(13)7(12)5(3-10)14-4;;;;;;;;;/h2,4-8,10-13H,1,3H2;;;;;;;;;/t4-,5?,6?,7-,8+;;;;;;;;;/m0........./s1. The first-order chi connectivity index (χ1) is 6.61. The van der Waals surface area contributed by atoms with Crippen LogP contribution in [0.5, 0.6) is 0 Å². The van der Waals surface area contributed by atoms with Gasteiger partial charge in [-0.15, -0.1) is 0 Å². The Morgan fingerprint density at radius 3 is 1.35 bits per heavy atom. The molecule has 109 valence electrons. The number of rotatable bonds is 3. The minimum absolute atomic E-state index is 0. The fourth-order valence-electron chi connectivity index (χ4n) is 1.47. The molecule has 9 radical (unpaired) electrons. The van der Waals surface area contributed by atoms with Crippen LogP contribution in [0.25, 0.3) is 0 Å². The molecule has 0 spiro atoms. The molecule has 0 saturated carbocycles. The summed E-state index contributed by atoms with van der Waals surface area (Å²) in [7, 11) is 0. The first kappa shape index (κ1) is 58.3. The summed E-state index contributed by atoms with van der Waals surface area (Å²) in [5.41, 5.74) is 0. The molecule has 23 heavy (non-hydrogen) atoms. The first-order valence-corrected chi connectivity index (χ1v) is 4.36. The Labute approximate surface area is 363 Å². The van der Waals surface area contributed by atoms with Gasteiger partial charge in [0.15, 0.2) is 0 Å². The van der Waals surface area contributed by atoms with Gasteiger partial charge in [0.05, 0.1) is 12.7 Å². The molecule has 0 aromatic rings. The van der Waals surface area contributed by atoms with E-state index in [9.17, 15) is 20.1 Å². The van der Waals surface area contributed by atoms with Gasteiger partial charge in [0, 0.05) is 301 Å². The molecule has 1 rings (SSSR count). The molecule has 0 aromatic carbocycles. The van der Waals surface area contributed by atoms with Gasteiger partial charge in [0.2, 0.25) is 0 Å². The van der Waals surface area contributed by atoms with Crippen molar-refractivity contribution in [2.75, 3.05) is 6.61 Å². The van der Waals surface area contributed by atoms with Gasteiger partial charge in [0.1, 0.15) is 30.7 Å². The van der Waals surface area contributed by atoms with Gasteiger partial charge in [-0.3, -0.25) is 0 Å². The molecule has 1 saturated heterocycles. The van der Waals surface area contributed by atoms with Crippen LogP contribution >= 0.6 is 0 Å². The Balaban J connectivity index is -0.0000000311. The smallest absolute Gasteiger partial charge is 0.122 e. The number of ether oxygens (including phenoxy) is 1. The molecule has 1 aliphatic heterocycles. The van der Waals surface area contributed by atoms with E-state index in [2.05, 4.69) is 0 Å². The number of aldehydes is 1. The van der Waals surface area contributed by atoms with Crippen molar-refractivity contribution in [1.29, 1.82) is 0 Å². The van der Waals surface area contributed by atoms with Crippen LogP contribution in [0.1, 0.15) is 6.42 Å². The van der Waals surface area contributed by atoms with E-state index in [1.54, 1.807) is 0 Å². The molecule has 0 aliphatic carbocycles. The maximum atomic E-state index is 10.2. The van der Waals surface area contributed by atoms with Crippen molar-refractivity contribution in [3.63, 3.8) is 0 Å². The zero-order valence-corrected chi connectivity index (χ0v) is 38.2. The van der Waals surface area contributed by atoms with E-state index in [1.807, 2.05) is 0 Å².